The number of nitro groups is 1. The van der Waals surface area contributed by atoms with Gasteiger partial charge in [0.2, 0.25) is 0 Å². The van der Waals surface area contributed by atoms with Gasteiger partial charge >= 0.3 is 51.4 Å². The van der Waals surface area contributed by atoms with E-state index < -0.39 is 10.7 Å². The van der Waals surface area contributed by atoms with Crippen LogP contribution in [-0.4, -0.2) is 4.92 Å². The molecule has 0 unspecified atom stereocenters. The Hall–Kier alpha value is 0.346. The molecule has 1 aromatic rings. The summed E-state index contributed by atoms with van der Waals surface area (Å²) in [5, 5.41) is 20.6. The summed E-state index contributed by atoms with van der Waals surface area (Å²) in [6, 6.07) is 3.22. The number of nitrogens with zero attached hydrogens (tertiary/aromatic N) is 1. The van der Waals surface area contributed by atoms with Crippen molar-refractivity contribution in [2.45, 2.75) is 0 Å². The molecule has 0 aliphatic rings. The predicted octanol–water partition coefficient (Wildman–Crippen LogP) is -1.67. The van der Waals surface area contributed by atoms with Crippen LogP contribution in [0.3, 0.4) is 0 Å². The molecule has 1 aromatic carbocycles. The minimum absolute atomic E-state index is 0. The molecular weight excluding hydrogens is 209 g/mol. The maximum absolute atomic E-state index is 10.6. The summed E-state index contributed by atoms with van der Waals surface area (Å²) in [7, 11) is 0. The molecule has 0 bridgehead atoms. The molecule has 1 rings (SSSR count). The molecule has 0 atom stereocenters. The van der Waals surface area contributed by atoms with Crippen LogP contribution in [0, 0.1) is 10.1 Å². The Morgan fingerprint density at radius 2 is 2.00 bits per heavy atom. The number of halogens is 1. The molecule has 0 aromatic heterocycles. The van der Waals surface area contributed by atoms with Crippen LogP contribution in [0.2, 0.25) is 5.02 Å². The molecule has 0 saturated heterocycles. The Labute approximate surface area is 116 Å². The van der Waals surface area contributed by atoms with Crippen molar-refractivity contribution < 1.29 is 61.4 Å². The van der Waals surface area contributed by atoms with Gasteiger partial charge in [-0.25, -0.2) is 0 Å². The molecular formula is C6H3ClKNO3. The van der Waals surface area contributed by atoms with Crippen molar-refractivity contribution in [2.75, 3.05) is 0 Å². The van der Waals surface area contributed by atoms with Crippen LogP contribution in [-0.2, 0) is 0 Å². The Bertz CT molecular complexity index is 305. The number of benzene rings is 1. The number of hydrogen-bond acceptors (Lipinski definition) is 3. The fourth-order valence-electron chi connectivity index (χ4n) is 0.603. The third-order valence-corrected chi connectivity index (χ3v) is 1.42. The summed E-state index contributed by atoms with van der Waals surface area (Å²) in [6.45, 7) is 0. The van der Waals surface area contributed by atoms with Gasteiger partial charge in [-0.1, -0.05) is 23.4 Å². The molecule has 0 heterocycles. The van der Waals surface area contributed by atoms with Crippen molar-refractivity contribution in [1.29, 1.82) is 0 Å². The first-order valence-corrected chi connectivity index (χ1v) is 3.10. The minimum atomic E-state index is -0.606. The fourth-order valence-corrected chi connectivity index (χ4v) is 0.778. The molecule has 0 spiro atoms. The Morgan fingerprint density at radius 1 is 1.42 bits per heavy atom. The molecule has 6 heteroatoms. The molecule has 12 heavy (non-hydrogen) atoms. The van der Waals surface area contributed by atoms with Crippen LogP contribution in [0.1, 0.15) is 0 Å². The maximum Gasteiger partial charge on any atom is 1.00 e. The summed E-state index contributed by atoms with van der Waals surface area (Å²) in [5.74, 6) is -0.405. The van der Waals surface area contributed by atoms with E-state index in [9.17, 15) is 15.2 Å². The second kappa shape index (κ2) is 5.16. The summed E-state index contributed by atoms with van der Waals surface area (Å²) >= 11 is 5.34. The molecule has 0 N–H and O–H groups in total. The topological polar surface area (TPSA) is 66.2 Å². The van der Waals surface area contributed by atoms with Crippen LogP contribution in [0.5, 0.6) is 5.75 Å². The van der Waals surface area contributed by atoms with Crippen molar-refractivity contribution in [1.82, 2.24) is 0 Å². The van der Waals surface area contributed by atoms with Gasteiger partial charge in [0.05, 0.1) is 4.92 Å². The first-order valence-electron chi connectivity index (χ1n) is 2.72. The zero-order valence-electron chi connectivity index (χ0n) is 6.28. The van der Waals surface area contributed by atoms with Gasteiger partial charge in [0, 0.05) is 17.2 Å². The normalized spacial score (nSPS) is 8.75. The molecule has 58 valence electrons. The Balaban J connectivity index is 0.00000121. The van der Waals surface area contributed by atoms with Crippen molar-refractivity contribution in [2.24, 2.45) is 0 Å². The van der Waals surface area contributed by atoms with E-state index in [0.717, 1.165) is 18.2 Å². The second-order valence-electron chi connectivity index (χ2n) is 1.87. The average molecular weight is 212 g/mol. The SMILES string of the molecule is O=[N+]([O-])c1ccc([O-])c(Cl)c1.[K+]. The fraction of sp³-hybridized carbons (Fsp3) is 0. The minimum Gasteiger partial charge on any atom is -0.871 e. The van der Waals surface area contributed by atoms with E-state index in [1.807, 2.05) is 0 Å². The number of hydrogen-bond donors (Lipinski definition) is 0. The van der Waals surface area contributed by atoms with Crippen molar-refractivity contribution in [3.8, 4) is 5.75 Å². The van der Waals surface area contributed by atoms with Gasteiger partial charge in [-0.05, 0) is 0 Å². The van der Waals surface area contributed by atoms with Crippen LogP contribution >= 0.6 is 11.6 Å². The van der Waals surface area contributed by atoms with Crippen LogP contribution in [0.15, 0.2) is 18.2 Å². The second-order valence-corrected chi connectivity index (χ2v) is 2.28. The molecule has 0 radical (unpaired) electrons. The molecule has 0 fully saturated rings. The zero-order valence-corrected chi connectivity index (χ0v) is 10.2. The first kappa shape index (κ1) is 12.3. The Morgan fingerprint density at radius 3 is 2.42 bits per heavy atom. The molecule has 0 aliphatic heterocycles. The summed E-state index contributed by atoms with van der Waals surface area (Å²) in [6.07, 6.45) is 0. The zero-order chi connectivity index (χ0) is 8.43. The molecule has 0 aliphatic carbocycles. The van der Waals surface area contributed by atoms with Gasteiger partial charge in [-0.2, -0.15) is 0 Å². The van der Waals surface area contributed by atoms with Crippen molar-refractivity contribution >= 4 is 17.3 Å². The standard InChI is InChI=1S/C6H4ClNO3.K/c7-5-3-4(8(10)11)1-2-6(5)9;/h1-3,9H;/q;+1/p-1. The number of non-ortho nitro benzene ring substituents is 1. The molecule has 0 saturated carbocycles. The van der Waals surface area contributed by atoms with Gasteiger partial charge in [0.25, 0.3) is 5.69 Å². The van der Waals surface area contributed by atoms with Crippen molar-refractivity contribution in [3.05, 3.63) is 33.3 Å². The third-order valence-electron chi connectivity index (χ3n) is 1.13. The number of rotatable bonds is 1. The number of nitro benzene ring substituents is 1. The summed E-state index contributed by atoms with van der Waals surface area (Å²) in [5.41, 5.74) is -0.172. The Kier molecular flexibility index (Phi) is 5.31. The largest absolute Gasteiger partial charge is 1.00 e. The summed E-state index contributed by atoms with van der Waals surface area (Å²) < 4.78 is 0. The maximum atomic E-state index is 10.6. The van der Waals surface area contributed by atoms with Crippen molar-refractivity contribution in [3.63, 3.8) is 0 Å². The third kappa shape index (κ3) is 3.00. The van der Waals surface area contributed by atoms with Crippen LogP contribution in [0.25, 0.3) is 0 Å². The van der Waals surface area contributed by atoms with Gasteiger partial charge in [-0.15, -0.1) is 0 Å². The monoisotopic (exact) mass is 211 g/mol. The van der Waals surface area contributed by atoms with Crippen LogP contribution in [0.4, 0.5) is 5.69 Å². The quantitative estimate of drug-likeness (QED) is 0.317. The smallest absolute Gasteiger partial charge is 0.871 e. The van der Waals surface area contributed by atoms with E-state index in [1.165, 1.54) is 0 Å². The average Bonchev–Trinajstić information content (AvgIpc) is 1.94. The van der Waals surface area contributed by atoms with E-state index in [1.54, 1.807) is 0 Å². The van der Waals surface area contributed by atoms with Gasteiger partial charge < -0.3 is 5.11 Å². The summed E-state index contributed by atoms with van der Waals surface area (Å²) in [4.78, 5) is 9.50. The predicted molar refractivity (Wildman–Crippen MR) is 37.6 cm³/mol. The van der Waals surface area contributed by atoms with E-state index in [0.29, 0.717) is 0 Å². The first-order chi connectivity index (χ1) is 5.11. The molecule has 0 amide bonds. The van der Waals surface area contributed by atoms with E-state index in [-0.39, 0.29) is 62.1 Å². The van der Waals surface area contributed by atoms with Gasteiger partial charge in [0.1, 0.15) is 0 Å². The van der Waals surface area contributed by atoms with E-state index >= 15 is 0 Å². The van der Waals surface area contributed by atoms with E-state index in [4.69, 9.17) is 11.6 Å². The molecule has 4 nitrogen and oxygen atoms in total. The van der Waals surface area contributed by atoms with E-state index in [2.05, 4.69) is 0 Å². The van der Waals surface area contributed by atoms with Gasteiger partial charge in [-0.3, -0.25) is 10.1 Å². The van der Waals surface area contributed by atoms with Gasteiger partial charge in [0.15, 0.2) is 0 Å². The van der Waals surface area contributed by atoms with Crippen LogP contribution < -0.4 is 56.5 Å².